The monoisotopic (exact) mass is 323 g/mol. The molecule has 0 amide bonds. The highest BCUT2D eigenvalue weighted by Gasteiger charge is 2.35. The molecule has 0 unspecified atom stereocenters. The predicted molar refractivity (Wildman–Crippen MR) is 79.4 cm³/mol. The Labute approximate surface area is 132 Å². The Bertz CT molecular complexity index is 729. The van der Waals surface area contributed by atoms with Gasteiger partial charge in [0.2, 0.25) is 5.92 Å². The van der Waals surface area contributed by atoms with Crippen LogP contribution in [0, 0.1) is 12.8 Å². The van der Waals surface area contributed by atoms with Crippen LogP contribution in [0.1, 0.15) is 42.8 Å². The van der Waals surface area contributed by atoms with E-state index in [1.54, 1.807) is 6.20 Å². The van der Waals surface area contributed by atoms with Crippen LogP contribution >= 0.6 is 0 Å². The molecule has 1 aliphatic rings. The fourth-order valence-corrected chi connectivity index (χ4v) is 3.02. The fraction of sp³-hybridized carbons (Fsp3) is 0.562. The third-order valence-corrected chi connectivity index (χ3v) is 4.50. The Morgan fingerprint density at radius 3 is 2.83 bits per heavy atom. The molecule has 2 heterocycles. The second-order valence-electron chi connectivity index (χ2n) is 6.20. The van der Waals surface area contributed by atoms with Crippen molar-refractivity contribution in [1.82, 2.24) is 14.7 Å². The molecule has 0 atom stereocenters. The SMILES string of the molecule is Cc1ncccc1Cc1noc(=O)n1CC1CCC(F)(F)CC1. The zero-order valence-electron chi connectivity index (χ0n) is 13.0. The summed E-state index contributed by atoms with van der Waals surface area (Å²) < 4.78 is 32.7. The minimum Gasteiger partial charge on any atom is -0.296 e. The van der Waals surface area contributed by atoms with Crippen molar-refractivity contribution in [3.05, 3.63) is 46.0 Å². The maximum absolute atomic E-state index is 13.2. The quantitative estimate of drug-likeness (QED) is 0.868. The van der Waals surface area contributed by atoms with E-state index in [0.29, 0.717) is 31.6 Å². The van der Waals surface area contributed by atoms with E-state index in [1.165, 1.54) is 4.57 Å². The van der Waals surface area contributed by atoms with Gasteiger partial charge in [-0.1, -0.05) is 11.2 Å². The van der Waals surface area contributed by atoms with Crippen LogP contribution in [-0.2, 0) is 13.0 Å². The molecule has 124 valence electrons. The molecule has 0 radical (unpaired) electrons. The average Bonchev–Trinajstić information content (AvgIpc) is 2.84. The Morgan fingerprint density at radius 2 is 2.13 bits per heavy atom. The lowest BCUT2D eigenvalue weighted by molar-refractivity contribution is -0.0475. The van der Waals surface area contributed by atoms with Crippen LogP contribution < -0.4 is 5.76 Å². The van der Waals surface area contributed by atoms with Gasteiger partial charge < -0.3 is 0 Å². The average molecular weight is 323 g/mol. The van der Waals surface area contributed by atoms with Gasteiger partial charge in [-0.2, -0.15) is 0 Å². The summed E-state index contributed by atoms with van der Waals surface area (Å²) in [6.45, 7) is 2.27. The smallest absolute Gasteiger partial charge is 0.296 e. The van der Waals surface area contributed by atoms with Gasteiger partial charge in [0.1, 0.15) is 0 Å². The van der Waals surface area contributed by atoms with Crippen LogP contribution in [0.15, 0.2) is 27.6 Å². The van der Waals surface area contributed by atoms with Gasteiger partial charge in [-0.15, -0.1) is 0 Å². The lowest BCUT2D eigenvalue weighted by Gasteiger charge is -2.28. The molecule has 1 fully saturated rings. The highest BCUT2D eigenvalue weighted by Crippen LogP contribution is 2.36. The molecule has 2 aromatic heterocycles. The van der Waals surface area contributed by atoms with Crippen LogP contribution in [-0.4, -0.2) is 20.6 Å². The van der Waals surface area contributed by atoms with Crippen molar-refractivity contribution in [2.45, 2.75) is 51.5 Å². The summed E-state index contributed by atoms with van der Waals surface area (Å²) >= 11 is 0. The molecule has 1 saturated carbocycles. The summed E-state index contributed by atoms with van der Waals surface area (Å²) in [6.07, 6.45) is 2.74. The number of nitrogens with zero attached hydrogens (tertiary/aromatic N) is 3. The molecule has 0 aromatic carbocycles. The molecular formula is C16H19F2N3O2. The van der Waals surface area contributed by atoms with Crippen molar-refractivity contribution in [2.24, 2.45) is 5.92 Å². The lowest BCUT2D eigenvalue weighted by atomic mass is 9.86. The number of rotatable bonds is 4. The Hall–Kier alpha value is -2.05. The van der Waals surface area contributed by atoms with Crippen molar-refractivity contribution in [2.75, 3.05) is 0 Å². The fourth-order valence-electron chi connectivity index (χ4n) is 3.02. The van der Waals surface area contributed by atoms with Gasteiger partial charge in [0.05, 0.1) is 0 Å². The van der Waals surface area contributed by atoms with Crippen molar-refractivity contribution < 1.29 is 13.3 Å². The molecule has 0 spiro atoms. The zero-order valence-corrected chi connectivity index (χ0v) is 13.0. The molecule has 1 aliphatic carbocycles. The van der Waals surface area contributed by atoms with Gasteiger partial charge in [0.25, 0.3) is 0 Å². The topological polar surface area (TPSA) is 60.9 Å². The molecule has 5 nitrogen and oxygen atoms in total. The normalized spacial score (nSPS) is 18.2. The highest BCUT2D eigenvalue weighted by atomic mass is 19.3. The van der Waals surface area contributed by atoms with Gasteiger partial charge in [-0.25, -0.2) is 13.6 Å². The molecule has 0 saturated heterocycles. The van der Waals surface area contributed by atoms with Crippen molar-refractivity contribution in [1.29, 1.82) is 0 Å². The first-order valence-electron chi connectivity index (χ1n) is 7.78. The molecule has 7 heteroatoms. The van der Waals surface area contributed by atoms with E-state index in [9.17, 15) is 13.6 Å². The van der Waals surface area contributed by atoms with Crippen LogP contribution in [0.2, 0.25) is 0 Å². The van der Waals surface area contributed by atoms with Crippen molar-refractivity contribution >= 4 is 0 Å². The van der Waals surface area contributed by atoms with E-state index in [-0.39, 0.29) is 18.8 Å². The highest BCUT2D eigenvalue weighted by molar-refractivity contribution is 5.22. The summed E-state index contributed by atoms with van der Waals surface area (Å²) in [5, 5.41) is 3.85. The van der Waals surface area contributed by atoms with E-state index >= 15 is 0 Å². The third-order valence-electron chi connectivity index (χ3n) is 4.50. The minimum atomic E-state index is -2.56. The minimum absolute atomic E-state index is 0.0560. The first kappa shape index (κ1) is 15.8. The van der Waals surface area contributed by atoms with Gasteiger partial charge in [-0.05, 0) is 37.3 Å². The number of hydrogen-bond donors (Lipinski definition) is 0. The predicted octanol–water partition coefficient (Wildman–Crippen LogP) is 2.96. The number of pyridine rings is 1. The molecule has 0 bridgehead atoms. The van der Waals surface area contributed by atoms with Crippen LogP contribution in [0.25, 0.3) is 0 Å². The lowest BCUT2D eigenvalue weighted by Crippen LogP contribution is -2.29. The number of halogens is 2. The second kappa shape index (κ2) is 6.22. The first-order chi connectivity index (χ1) is 10.9. The molecule has 23 heavy (non-hydrogen) atoms. The molecule has 3 rings (SSSR count). The van der Waals surface area contributed by atoms with Gasteiger partial charge >= 0.3 is 5.76 Å². The third kappa shape index (κ3) is 3.65. The molecule has 0 N–H and O–H groups in total. The number of hydrogen-bond acceptors (Lipinski definition) is 4. The van der Waals surface area contributed by atoms with Gasteiger partial charge in [0, 0.05) is 37.7 Å². The maximum Gasteiger partial charge on any atom is 0.441 e. The summed E-state index contributed by atoms with van der Waals surface area (Å²) in [4.78, 5) is 16.1. The van der Waals surface area contributed by atoms with Crippen LogP contribution in [0.3, 0.4) is 0 Å². The van der Waals surface area contributed by atoms with E-state index in [2.05, 4.69) is 10.1 Å². The van der Waals surface area contributed by atoms with Crippen LogP contribution in [0.5, 0.6) is 0 Å². The first-order valence-corrected chi connectivity index (χ1v) is 7.78. The van der Waals surface area contributed by atoms with Gasteiger partial charge in [-0.3, -0.25) is 14.1 Å². The zero-order chi connectivity index (χ0) is 16.4. The van der Waals surface area contributed by atoms with Gasteiger partial charge in [0.15, 0.2) is 5.82 Å². The van der Waals surface area contributed by atoms with Crippen molar-refractivity contribution in [3.63, 3.8) is 0 Å². The number of aromatic nitrogens is 3. The Balaban J connectivity index is 1.75. The summed E-state index contributed by atoms with van der Waals surface area (Å²) in [5.41, 5.74) is 1.83. The Morgan fingerprint density at radius 1 is 1.39 bits per heavy atom. The molecule has 0 aliphatic heterocycles. The second-order valence-corrected chi connectivity index (χ2v) is 6.20. The van der Waals surface area contributed by atoms with Crippen molar-refractivity contribution in [3.8, 4) is 0 Å². The standard InChI is InChI=1S/C16H19F2N3O2/c1-11-13(3-2-8-19-11)9-14-20-23-15(22)21(14)10-12-4-6-16(17,18)7-5-12/h2-3,8,12H,4-7,9-10H2,1H3. The number of aryl methyl sites for hydroxylation is 1. The number of alkyl halides is 2. The molecule has 2 aromatic rings. The summed E-state index contributed by atoms with van der Waals surface area (Å²) in [6, 6.07) is 3.75. The maximum atomic E-state index is 13.2. The van der Waals surface area contributed by atoms with E-state index in [1.807, 2.05) is 19.1 Å². The van der Waals surface area contributed by atoms with Crippen LogP contribution in [0.4, 0.5) is 8.78 Å². The Kier molecular flexibility index (Phi) is 4.28. The summed E-state index contributed by atoms with van der Waals surface area (Å²) in [5.74, 6) is -2.52. The summed E-state index contributed by atoms with van der Waals surface area (Å²) in [7, 11) is 0. The van der Waals surface area contributed by atoms with E-state index in [0.717, 1.165) is 11.3 Å². The van der Waals surface area contributed by atoms with E-state index < -0.39 is 11.7 Å². The molecular weight excluding hydrogens is 304 g/mol. The van der Waals surface area contributed by atoms with E-state index in [4.69, 9.17) is 4.52 Å². The largest absolute Gasteiger partial charge is 0.441 e.